The predicted octanol–water partition coefficient (Wildman–Crippen LogP) is 2.14. The van der Waals surface area contributed by atoms with E-state index >= 15 is 0 Å². The molecule has 6 heteroatoms. The molecule has 0 aromatic carbocycles. The van der Waals surface area contributed by atoms with Gasteiger partial charge in [-0.2, -0.15) is 0 Å². The quantitative estimate of drug-likeness (QED) is 0.813. The molecule has 0 unspecified atom stereocenters. The summed E-state index contributed by atoms with van der Waals surface area (Å²) in [5.41, 5.74) is 8.65. The van der Waals surface area contributed by atoms with Crippen LogP contribution in [0.25, 0.3) is 0 Å². The largest absolute Gasteiger partial charge is 0.368 e. The number of carbonyl (C=O) groups excluding carboxylic acids is 3. The third-order valence-corrected chi connectivity index (χ3v) is 5.01. The highest BCUT2D eigenvalue weighted by atomic mass is 16.2. The van der Waals surface area contributed by atoms with Crippen molar-refractivity contribution in [2.75, 3.05) is 0 Å². The fourth-order valence-corrected chi connectivity index (χ4v) is 3.76. The van der Waals surface area contributed by atoms with Gasteiger partial charge >= 0.3 is 0 Å². The van der Waals surface area contributed by atoms with E-state index in [2.05, 4.69) is 37.6 Å². The molecule has 1 aliphatic carbocycles. The molecule has 144 valence electrons. The van der Waals surface area contributed by atoms with E-state index in [1.807, 2.05) is 6.92 Å². The van der Waals surface area contributed by atoms with E-state index in [4.69, 9.17) is 5.73 Å². The number of primary amides is 1. The number of aromatic nitrogens is 1. The van der Waals surface area contributed by atoms with Crippen molar-refractivity contribution in [3.05, 3.63) is 22.5 Å². The molecular weight excluding hydrogens is 330 g/mol. The molecule has 1 aromatic rings. The van der Waals surface area contributed by atoms with Gasteiger partial charge in [0.15, 0.2) is 5.78 Å². The van der Waals surface area contributed by atoms with Crippen molar-refractivity contribution >= 4 is 17.6 Å². The third-order valence-electron chi connectivity index (χ3n) is 5.01. The molecule has 26 heavy (non-hydrogen) atoms. The van der Waals surface area contributed by atoms with Crippen LogP contribution < -0.4 is 11.1 Å². The smallest absolute Gasteiger partial charge is 0.239 e. The van der Waals surface area contributed by atoms with Crippen LogP contribution in [0.3, 0.4) is 0 Å². The molecule has 1 heterocycles. The Morgan fingerprint density at radius 1 is 1.23 bits per heavy atom. The number of ketones is 1. The van der Waals surface area contributed by atoms with E-state index in [-0.39, 0.29) is 23.5 Å². The van der Waals surface area contributed by atoms with Gasteiger partial charge in [0.2, 0.25) is 11.8 Å². The molecule has 0 fully saturated rings. The van der Waals surface area contributed by atoms with E-state index in [9.17, 15) is 14.4 Å². The third kappa shape index (κ3) is 4.17. The lowest BCUT2D eigenvalue weighted by molar-refractivity contribution is -0.126. The number of amides is 2. The molecule has 1 atom stereocenters. The average Bonchev–Trinajstić information content (AvgIpc) is 2.71. The highest BCUT2D eigenvalue weighted by Gasteiger charge is 2.37. The zero-order valence-electron chi connectivity index (χ0n) is 16.7. The Labute approximate surface area is 155 Å². The first-order valence-corrected chi connectivity index (χ1v) is 9.25. The molecule has 3 N–H and O–H groups in total. The molecule has 0 aliphatic heterocycles. The molecule has 0 saturated heterocycles. The lowest BCUT2D eigenvalue weighted by atomic mass is 9.75. The summed E-state index contributed by atoms with van der Waals surface area (Å²) in [5, 5.41) is 2.61. The Morgan fingerprint density at radius 2 is 1.85 bits per heavy atom. The number of fused-ring (bicyclic) bond motifs is 1. The second-order valence-electron chi connectivity index (χ2n) is 8.70. The van der Waals surface area contributed by atoms with Crippen molar-refractivity contribution in [3.63, 3.8) is 0 Å². The maximum Gasteiger partial charge on any atom is 0.239 e. The van der Waals surface area contributed by atoms with E-state index in [0.29, 0.717) is 17.9 Å². The van der Waals surface area contributed by atoms with Gasteiger partial charge in [-0.05, 0) is 37.2 Å². The second kappa shape index (κ2) is 7.25. The van der Waals surface area contributed by atoms with Crippen LogP contribution in [0.2, 0.25) is 0 Å². The summed E-state index contributed by atoms with van der Waals surface area (Å²) in [7, 11) is 0. The second-order valence-corrected chi connectivity index (χ2v) is 8.70. The van der Waals surface area contributed by atoms with Crippen molar-refractivity contribution in [1.29, 1.82) is 0 Å². The topological polar surface area (TPSA) is 94.2 Å². The van der Waals surface area contributed by atoms with Crippen LogP contribution in [0.4, 0.5) is 0 Å². The Kier molecular flexibility index (Phi) is 5.64. The van der Waals surface area contributed by atoms with Crippen molar-refractivity contribution in [2.45, 2.75) is 73.4 Å². The molecule has 0 spiro atoms. The average molecular weight is 361 g/mol. The summed E-state index contributed by atoms with van der Waals surface area (Å²) >= 11 is 0. The highest BCUT2D eigenvalue weighted by Crippen LogP contribution is 2.39. The van der Waals surface area contributed by atoms with Crippen LogP contribution >= 0.6 is 0 Å². The Morgan fingerprint density at radius 3 is 2.38 bits per heavy atom. The van der Waals surface area contributed by atoms with Gasteiger partial charge in [0.05, 0.1) is 6.42 Å². The van der Waals surface area contributed by atoms with E-state index in [1.165, 1.54) is 0 Å². The summed E-state index contributed by atoms with van der Waals surface area (Å²) in [5.74, 6) is -0.330. The van der Waals surface area contributed by atoms with Gasteiger partial charge in [0.25, 0.3) is 0 Å². The molecule has 2 amide bonds. The number of rotatable bonds is 6. The fraction of sp³-hybridized carbons (Fsp3) is 0.650. The number of nitrogens with two attached hydrogens (primary N) is 1. The van der Waals surface area contributed by atoms with E-state index in [0.717, 1.165) is 29.9 Å². The minimum Gasteiger partial charge on any atom is -0.368 e. The minimum absolute atomic E-state index is 0.0797. The lowest BCUT2D eigenvalue weighted by Gasteiger charge is -2.30. The van der Waals surface area contributed by atoms with Crippen molar-refractivity contribution in [3.8, 4) is 0 Å². The lowest BCUT2D eigenvalue weighted by Crippen LogP contribution is -2.43. The monoisotopic (exact) mass is 361 g/mol. The van der Waals surface area contributed by atoms with Crippen LogP contribution in [0, 0.1) is 18.3 Å². The van der Waals surface area contributed by atoms with Crippen molar-refractivity contribution in [1.82, 2.24) is 9.88 Å². The molecule has 0 bridgehead atoms. The van der Waals surface area contributed by atoms with Crippen LogP contribution in [0.1, 0.15) is 68.3 Å². The van der Waals surface area contributed by atoms with Gasteiger partial charge in [0, 0.05) is 29.9 Å². The van der Waals surface area contributed by atoms with Crippen LogP contribution in [-0.2, 0) is 29.0 Å². The number of nitrogens with one attached hydrogen (secondary N) is 1. The van der Waals surface area contributed by atoms with Gasteiger partial charge in [-0.25, -0.2) is 0 Å². The summed E-state index contributed by atoms with van der Waals surface area (Å²) in [4.78, 5) is 36.4. The SMILES string of the molecule is Cc1c(CC(=O)N[C@@H](C)C(N)=O)c2c(n1CC(C)C)CC(C)(C)CC2=O. The van der Waals surface area contributed by atoms with Gasteiger partial charge in [0.1, 0.15) is 6.04 Å². The summed E-state index contributed by atoms with van der Waals surface area (Å²) in [6.07, 6.45) is 1.39. The Hall–Kier alpha value is -2.11. The van der Waals surface area contributed by atoms with Gasteiger partial charge in [-0.1, -0.05) is 27.7 Å². The predicted molar refractivity (Wildman–Crippen MR) is 101 cm³/mol. The van der Waals surface area contributed by atoms with Crippen LogP contribution in [-0.4, -0.2) is 28.2 Å². The van der Waals surface area contributed by atoms with Gasteiger partial charge < -0.3 is 15.6 Å². The molecule has 0 saturated carbocycles. The fourth-order valence-electron chi connectivity index (χ4n) is 3.76. The van der Waals surface area contributed by atoms with Gasteiger partial charge in [-0.15, -0.1) is 0 Å². The zero-order chi connectivity index (χ0) is 19.8. The van der Waals surface area contributed by atoms with Crippen molar-refractivity contribution in [2.24, 2.45) is 17.1 Å². The maximum atomic E-state index is 12.9. The summed E-state index contributed by atoms with van der Waals surface area (Å²) in [6, 6.07) is -0.731. The standard InChI is InChI=1S/C20H31N3O3/c1-11(2)10-23-13(4)14(7-17(25)22-12(3)19(21)26)18-15(23)8-20(5,6)9-16(18)24/h11-12H,7-10H2,1-6H3,(H2,21,26)(H,22,25)/t12-/m0/s1. The van der Waals surface area contributed by atoms with E-state index < -0.39 is 11.9 Å². The number of Topliss-reactive ketones (excluding diaryl/α,β-unsaturated/α-hetero) is 1. The van der Waals surface area contributed by atoms with Crippen LogP contribution in [0.5, 0.6) is 0 Å². The molecule has 1 aliphatic rings. The van der Waals surface area contributed by atoms with Crippen molar-refractivity contribution < 1.29 is 14.4 Å². The number of nitrogens with zero attached hydrogens (tertiary/aromatic N) is 1. The summed E-state index contributed by atoms with van der Waals surface area (Å²) in [6.45, 7) is 12.8. The summed E-state index contributed by atoms with van der Waals surface area (Å²) < 4.78 is 2.21. The molecule has 0 radical (unpaired) electrons. The molecule has 2 rings (SSSR count). The first-order valence-electron chi connectivity index (χ1n) is 9.25. The van der Waals surface area contributed by atoms with Crippen LogP contribution in [0.15, 0.2) is 0 Å². The Balaban J connectivity index is 2.44. The Bertz CT molecular complexity index is 744. The first kappa shape index (κ1) is 20.2. The highest BCUT2D eigenvalue weighted by molar-refractivity contribution is 6.02. The maximum absolute atomic E-state index is 12.9. The molecule has 1 aromatic heterocycles. The number of hydrogen-bond donors (Lipinski definition) is 2. The number of carbonyl (C=O) groups is 3. The molecular formula is C20H31N3O3. The normalized spacial score (nSPS) is 17.1. The zero-order valence-corrected chi connectivity index (χ0v) is 16.7. The van der Waals surface area contributed by atoms with Gasteiger partial charge in [-0.3, -0.25) is 14.4 Å². The van der Waals surface area contributed by atoms with E-state index in [1.54, 1.807) is 6.92 Å². The number of hydrogen-bond acceptors (Lipinski definition) is 3. The minimum atomic E-state index is -0.731. The molecule has 6 nitrogen and oxygen atoms in total. The first-order chi connectivity index (χ1) is 11.9.